The summed E-state index contributed by atoms with van der Waals surface area (Å²) in [5, 5.41) is 3.51. The number of hydrogen-bond acceptors (Lipinski definition) is 4. The van der Waals surface area contributed by atoms with Gasteiger partial charge in [0.2, 0.25) is 0 Å². The van der Waals surface area contributed by atoms with E-state index in [9.17, 15) is 8.42 Å². The molecule has 1 unspecified atom stereocenters. The molecule has 1 aliphatic rings. The maximum Gasteiger partial charge on any atom is 0.148 e. The molecule has 5 heteroatoms. The Morgan fingerprint density at radius 1 is 1.35 bits per heavy atom. The van der Waals surface area contributed by atoms with Gasteiger partial charge in [0.1, 0.15) is 9.84 Å². The van der Waals surface area contributed by atoms with E-state index in [1.807, 2.05) is 0 Å². The zero-order valence-electron chi connectivity index (χ0n) is 11.5. The molecule has 0 aromatic carbocycles. The molecule has 17 heavy (non-hydrogen) atoms. The third-order valence-electron chi connectivity index (χ3n) is 3.99. The van der Waals surface area contributed by atoms with Crippen LogP contribution < -0.4 is 5.32 Å². The van der Waals surface area contributed by atoms with Crippen molar-refractivity contribution in [3.63, 3.8) is 0 Å². The van der Waals surface area contributed by atoms with Crippen molar-refractivity contribution in [1.29, 1.82) is 0 Å². The van der Waals surface area contributed by atoms with Crippen molar-refractivity contribution in [2.45, 2.75) is 45.2 Å². The second kappa shape index (κ2) is 5.67. The van der Waals surface area contributed by atoms with Crippen molar-refractivity contribution in [2.24, 2.45) is 0 Å². The zero-order valence-corrected chi connectivity index (χ0v) is 12.3. The highest BCUT2D eigenvalue weighted by molar-refractivity contribution is 7.90. The summed E-state index contributed by atoms with van der Waals surface area (Å²) in [7, 11) is -2.87. The Bertz CT molecular complexity index is 336. The largest absolute Gasteiger partial charge is 0.311 e. The summed E-state index contributed by atoms with van der Waals surface area (Å²) in [5.74, 6) is 0.265. The normalized spacial score (nSPS) is 26.0. The summed E-state index contributed by atoms with van der Waals surface area (Å²) >= 11 is 0. The molecule has 1 atom stereocenters. The molecule has 1 rings (SSSR count). The fraction of sp³-hybridized carbons (Fsp3) is 1.00. The van der Waals surface area contributed by atoms with Crippen LogP contribution in [0.3, 0.4) is 0 Å². The number of piperazine rings is 1. The number of hydrogen-bond donors (Lipinski definition) is 1. The molecule has 102 valence electrons. The Kier molecular flexibility index (Phi) is 4.98. The van der Waals surface area contributed by atoms with Crippen LogP contribution in [0.4, 0.5) is 0 Å². The van der Waals surface area contributed by atoms with E-state index in [1.54, 1.807) is 0 Å². The first-order valence-electron chi connectivity index (χ1n) is 6.49. The molecule has 0 radical (unpaired) electrons. The quantitative estimate of drug-likeness (QED) is 0.799. The van der Waals surface area contributed by atoms with Gasteiger partial charge in [-0.25, -0.2) is 8.42 Å². The molecule has 0 saturated carbocycles. The first kappa shape index (κ1) is 14.9. The lowest BCUT2D eigenvalue weighted by atomic mass is 9.87. The first-order chi connectivity index (χ1) is 7.83. The maximum atomic E-state index is 11.3. The summed E-state index contributed by atoms with van der Waals surface area (Å²) in [6.07, 6.45) is 3.44. The number of nitrogens with one attached hydrogen (secondary N) is 1. The molecule has 0 aromatic rings. The van der Waals surface area contributed by atoms with E-state index in [-0.39, 0.29) is 11.3 Å². The Labute approximate surface area is 106 Å². The molecule has 0 bridgehead atoms. The van der Waals surface area contributed by atoms with Crippen LogP contribution in [-0.4, -0.2) is 56.5 Å². The molecule has 1 aliphatic heterocycles. The standard InChI is InChI=1S/C12H26N2O2S/c1-5-12(6-2)10-13-11(3)9-14(12)7-8-17(4,15)16/h11,13H,5-10H2,1-4H3. The Morgan fingerprint density at radius 3 is 2.41 bits per heavy atom. The minimum atomic E-state index is -2.87. The van der Waals surface area contributed by atoms with Crippen LogP contribution in [-0.2, 0) is 9.84 Å². The molecule has 1 saturated heterocycles. The summed E-state index contributed by atoms with van der Waals surface area (Å²) in [5.41, 5.74) is 0.136. The maximum absolute atomic E-state index is 11.3. The van der Waals surface area contributed by atoms with Crippen LogP contribution in [0, 0.1) is 0 Å². The van der Waals surface area contributed by atoms with Gasteiger partial charge in [0, 0.05) is 37.5 Å². The van der Waals surface area contributed by atoms with E-state index in [1.165, 1.54) is 6.26 Å². The van der Waals surface area contributed by atoms with Gasteiger partial charge in [0.15, 0.2) is 0 Å². The second-order valence-electron chi connectivity index (χ2n) is 5.29. The zero-order chi connectivity index (χ0) is 13.1. The highest BCUT2D eigenvalue weighted by atomic mass is 32.2. The van der Waals surface area contributed by atoms with Crippen LogP contribution in [0.1, 0.15) is 33.6 Å². The Morgan fingerprint density at radius 2 is 1.94 bits per heavy atom. The summed E-state index contributed by atoms with van der Waals surface area (Å²) < 4.78 is 22.6. The van der Waals surface area contributed by atoms with E-state index >= 15 is 0 Å². The molecule has 1 N–H and O–H groups in total. The fourth-order valence-corrected chi connectivity index (χ4v) is 3.17. The van der Waals surface area contributed by atoms with Crippen LogP contribution >= 0.6 is 0 Å². The first-order valence-corrected chi connectivity index (χ1v) is 8.55. The molecule has 0 spiro atoms. The van der Waals surface area contributed by atoms with Crippen molar-refractivity contribution >= 4 is 9.84 Å². The van der Waals surface area contributed by atoms with Crippen molar-refractivity contribution in [2.75, 3.05) is 31.6 Å². The molecule has 0 aliphatic carbocycles. The molecular formula is C12H26N2O2S. The van der Waals surface area contributed by atoms with Gasteiger partial charge in [-0.05, 0) is 19.8 Å². The lowest BCUT2D eigenvalue weighted by Gasteiger charge is -2.49. The summed E-state index contributed by atoms with van der Waals surface area (Å²) in [6, 6.07) is 0.445. The van der Waals surface area contributed by atoms with Crippen LogP contribution in [0.5, 0.6) is 0 Å². The highest BCUT2D eigenvalue weighted by Gasteiger charge is 2.37. The van der Waals surface area contributed by atoms with E-state index in [0.717, 1.165) is 25.9 Å². The van der Waals surface area contributed by atoms with Gasteiger partial charge in [0.25, 0.3) is 0 Å². The van der Waals surface area contributed by atoms with E-state index in [2.05, 4.69) is 31.0 Å². The fourth-order valence-electron chi connectivity index (χ4n) is 2.62. The van der Waals surface area contributed by atoms with Crippen LogP contribution in [0.15, 0.2) is 0 Å². The van der Waals surface area contributed by atoms with Gasteiger partial charge in [-0.3, -0.25) is 4.90 Å². The van der Waals surface area contributed by atoms with E-state index in [0.29, 0.717) is 12.6 Å². The van der Waals surface area contributed by atoms with Crippen molar-refractivity contribution in [3.05, 3.63) is 0 Å². The van der Waals surface area contributed by atoms with Crippen molar-refractivity contribution < 1.29 is 8.42 Å². The third-order valence-corrected chi connectivity index (χ3v) is 4.92. The van der Waals surface area contributed by atoms with E-state index in [4.69, 9.17) is 0 Å². The second-order valence-corrected chi connectivity index (χ2v) is 7.55. The van der Waals surface area contributed by atoms with Crippen molar-refractivity contribution in [3.8, 4) is 0 Å². The van der Waals surface area contributed by atoms with Crippen LogP contribution in [0.2, 0.25) is 0 Å². The van der Waals surface area contributed by atoms with Gasteiger partial charge in [-0.15, -0.1) is 0 Å². The molecular weight excluding hydrogens is 236 g/mol. The summed E-state index contributed by atoms with van der Waals surface area (Å²) in [4.78, 5) is 2.37. The van der Waals surface area contributed by atoms with Crippen molar-refractivity contribution in [1.82, 2.24) is 10.2 Å². The summed E-state index contributed by atoms with van der Waals surface area (Å²) in [6.45, 7) is 9.10. The minimum absolute atomic E-state index is 0.136. The average Bonchev–Trinajstić information content (AvgIpc) is 2.26. The number of sulfone groups is 1. The van der Waals surface area contributed by atoms with Crippen LogP contribution in [0.25, 0.3) is 0 Å². The molecule has 4 nitrogen and oxygen atoms in total. The van der Waals surface area contributed by atoms with E-state index < -0.39 is 9.84 Å². The number of rotatable bonds is 5. The topological polar surface area (TPSA) is 49.4 Å². The number of nitrogens with zero attached hydrogens (tertiary/aromatic N) is 1. The molecule has 0 amide bonds. The lowest BCUT2D eigenvalue weighted by Crippen LogP contribution is -2.64. The van der Waals surface area contributed by atoms with Gasteiger partial charge >= 0.3 is 0 Å². The smallest absolute Gasteiger partial charge is 0.148 e. The Hall–Kier alpha value is -0.130. The highest BCUT2D eigenvalue weighted by Crippen LogP contribution is 2.26. The van der Waals surface area contributed by atoms with Gasteiger partial charge in [-0.2, -0.15) is 0 Å². The SMILES string of the molecule is CCC1(CC)CNC(C)CN1CCS(C)(=O)=O. The predicted octanol–water partition coefficient (Wildman–Crippen LogP) is 0.884. The monoisotopic (exact) mass is 262 g/mol. The lowest BCUT2D eigenvalue weighted by molar-refractivity contribution is 0.0407. The third kappa shape index (κ3) is 3.93. The van der Waals surface area contributed by atoms with Gasteiger partial charge in [0.05, 0.1) is 5.75 Å². The predicted molar refractivity (Wildman–Crippen MR) is 72.1 cm³/mol. The minimum Gasteiger partial charge on any atom is -0.311 e. The van der Waals surface area contributed by atoms with Gasteiger partial charge in [-0.1, -0.05) is 13.8 Å². The Balaban J connectivity index is 2.74. The van der Waals surface area contributed by atoms with Gasteiger partial charge < -0.3 is 5.32 Å². The molecule has 1 heterocycles. The molecule has 1 fully saturated rings. The molecule has 0 aromatic heterocycles. The average molecular weight is 262 g/mol.